The van der Waals surface area contributed by atoms with Crippen LogP contribution in [0.5, 0.6) is 11.5 Å². The van der Waals surface area contributed by atoms with Gasteiger partial charge in [-0.1, -0.05) is 31.9 Å². The highest BCUT2D eigenvalue weighted by Gasteiger charge is 2.17. The minimum absolute atomic E-state index is 0.573. The summed E-state index contributed by atoms with van der Waals surface area (Å²) in [6.07, 6.45) is 2.45. The normalized spacial score (nSPS) is 13.9. The first-order valence-corrected chi connectivity index (χ1v) is 7.42. The van der Waals surface area contributed by atoms with Crippen LogP contribution in [0.15, 0.2) is 12.1 Å². The van der Waals surface area contributed by atoms with Crippen LogP contribution in [0.3, 0.4) is 0 Å². The molecule has 1 aromatic rings. The second-order valence-electron chi connectivity index (χ2n) is 4.82. The number of rotatable bonds is 6. The molecule has 1 heterocycles. The third kappa shape index (κ3) is 3.77. The maximum absolute atomic E-state index is 6.25. The predicted octanol–water partition coefficient (Wildman–Crippen LogP) is 3.73. The maximum atomic E-state index is 6.25. The number of unbranched alkanes of at least 4 members (excludes halogenated alkanes) is 1. The van der Waals surface area contributed by atoms with Gasteiger partial charge in [-0.05, 0) is 37.2 Å². The van der Waals surface area contributed by atoms with Crippen molar-refractivity contribution in [1.29, 1.82) is 0 Å². The van der Waals surface area contributed by atoms with E-state index in [0.717, 1.165) is 25.4 Å². The van der Waals surface area contributed by atoms with Gasteiger partial charge in [0.05, 0.1) is 5.02 Å². The fourth-order valence-electron chi connectivity index (χ4n) is 2.24. The van der Waals surface area contributed by atoms with E-state index in [1.165, 1.54) is 18.4 Å². The van der Waals surface area contributed by atoms with Gasteiger partial charge in [0.15, 0.2) is 11.5 Å². The molecule has 0 aromatic heterocycles. The topological polar surface area (TPSA) is 21.7 Å². The molecular formula is C15H22ClNO2. The highest BCUT2D eigenvalue weighted by molar-refractivity contribution is 6.32. The van der Waals surface area contributed by atoms with E-state index in [1.54, 1.807) is 0 Å². The van der Waals surface area contributed by atoms with Crippen LogP contribution >= 0.6 is 11.6 Å². The Labute approximate surface area is 120 Å². The number of hydrogen-bond acceptors (Lipinski definition) is 3. The van der Waals surface area contributed by atoms with Gasteiger partial charge < -0.3 is 9.47 Å². The lowest BCUT2D eigenvalue weighted by atomic mass is 10.1. The van der Waals surface area contributed by atoms with Crippen molar-refractivity contribution in [1.82, 2.24) is 4.90 Å². The van der Waals surface area contributed by atoms with Crippen LogP contribution in [0.4, 0.5) is 0 Å². The SMILES string of the molecule is CCCCN(CC)Cc1cc(Cl)c2c(c1)OCCO2. The molecule has 0 saturated carbocycles. The Hall–Kier alpha value is -0.930. The molecule has 3 nitrogen and oxygen atoms in total. The number of hydrogen-bond donors (Lipinski definition) is 0. The van der Waals surface area contributed by atoms with Gasteiger partial charge in [0, 0.05) is 6.54 Å². The molecule has 0 aliphatic carbocycles. The largest absolute Gasteiger partial charge is 0.486 e. The summed E-state index contributed by atoms with van der Waals surface area (Å²) in [5.74, 6) is 1.47. The molecule has 19 heavy (non-hydrogen) atoms. The second kappa shape index (κ2) is 7.01. The Balaban J connectivity index is 2.09. The molecular weight excluding hydrogens is 262 g/mol. The fourth-order valence-corrected chi connectivity index (χ4v) is 2.53. The Morgan fingerprint density at radius 3 is 2.74 bits per heavy atom. The van der Waals surface area contributed by atoms with Crippen molar-refractivity contribution in [2.45, 2.75) is 33.2 Å². The molecule has 1 aromatic carbocycles. The summed E-state index contributed by atoms with van der Waals surface area (Å²) in [6.45, 7) is 8.66. The van der Waals surface area contributed by atoms with E-state index in [4.69, 9.17) is 21.1 Å². The van der Waals surface area contributed by atoms with Crippen LogP contribution < -0.4 is 9.47 Å². The monoisotopic (exact) mass is 283 g/mol. The summed E-state index contributed by atoms with van der Waals surface area (Å²) >= 11 is 6.25. The Bertz CT molecular complexity index is 423. The van der Waals surface area contributed by atoms with Crippen molar-refractivity contribution < 1.29 is 9.47 Å². The van der Waals surface area contributed by atoms with Crippen LogP contribution in [0.1, 0.15) is 32.3 Å². The number of nitrogens with zero attached hydrogens (tertiary/aromatic N) is 1. The summed E-state index contributed by atoms with van der Waals surface area (Å²) in [6, 6.07) is 4.04. The van der Waals surface area contributed by atoms with E-state index >= 15 is 0 Å². The Morgan fingerprint density at radius 1 is 1.21 bits per heavy atom. The minimum atomic E-state index is 0.573. The molecule has 4 heteroatoms. The van der Waals surface area contributed by atoms with Gasteiger partial charge >= 0.3 is 0 Å². The molecule has 2 rings (SSSR count). The van der Waals surface area contributed by atoms with E-state index in [2.05, 4.69) is 24.8 Å². The smallest absolute Gasteiger partial charge is 0.179 e. The lowest BCUT2D eigenvalue weighted by molar-refractivity contribution is 0.171. The summed E-state index contributed by atoms with van der Waals surface area (Å²) in [4.78, 5) is 2.42. The molecule has 0 fully saturated rings. The first kappa shape index (κ1) is 14.5. The van der Waals surface area contributed by atoms with Crippen LogP contribution in [-0.2, 0) is 6.54 Å². The van der Waals surface area contributed by atoms with E-state index < -0.39 is 0 Å². The van der Waals surface area contributed by atoms with Gasteiger partial charge in [0.25, 0.3) is 0 Å². The summed E-state index contributed by atoms with van der Waals surface area (Å²) in [7, 11) is 0. The number of halogens is 1. The Kier molecular flexibility index (Phi) is 5.34. The molecule has 1 aliphatic heterocycles. The van der Waals surface area contributed by atoms with E-state index in [0.29, 0.717) is 24.0 Å². The molecule has 0 unspecified atom stereocenters. The van der Waals surface area contributed by atoms with Gasteiger partial charge in [-0.25, -0.2) is 0 Å². The molecule has 1 aliphatic rings. The number of benzene rings is 1. The van der Waals surface area contributed by atoms with Gasteiger partial charge in [-0.3, -0.25) is 4.90 Å². The van der Waals surface area contributed by atoms with Gasteiger partial charge in [-0.15, -0.1) is 0 Å². The average Bonchev–Trinajstić information content (AvgIpc) is 2.43. The van der Waals surface area contributed by atoms with Crippen LogP contribution in [0.25, 0.3) is 0 Å². The maximum Gasteiger partial charge on any atom is 0.179 e. The number of ether oxygens (including phenoxy) is 2. The summed E-state index contributed by atoms with van der Waals surface area (Å²) < 4.78 is 11.1. The van der Waals surface area contributed by atoms with Crippen LogP contribution in [0, 0.1) is 0 Å². The van der Waals surface area contributed by atoms with Crippen molar-refractivity contribution >= 4 is 11.6 Å². The van der Waals surface area contributed by atoms with Crippen LogP contribution in [-0.4, -0.2) is 31.2 Å². The quantitative estimate of drug-likeness (QED) is 0.794. The zero-order valence-corrected chi connectivity index (χ0v) is 12.5. The van der Waals surface area contributed by atoms with E-state index in [1.807, 2.05) is 6.07 Å². The third-order valence-corrected chi connectivity index (χ3v) is 3.62. The molecule has 106 valence electrons. The molecule has 0 N–H and O–H groups in total. The highest BCUT2D eigenvalue weighted by Crippen LogP contribution is 2.38. The third-order valence-electron chi connectivity index (χ3n) is 3.34. The molecule has 0 amide bonds. The molecule has 0 spiro atoms. The lowest BCUT2D eigenvalue weighted by Crippen LogP contribution is -2.24. The lowest BCUT2D eigenvalue weighted by Gasteiger charge is -2.23. The van der Waals surface area contributed by atoms with Crippen LogP contribution in [0.2, 0.25) is 5.02 Å². The van der Waals surface area contributed by atoms with Crippen molar-refractivity contribution in [3.8, 4) is 11.5 Å². The van der Waals surface area contributed by atoms with Crippen molar-refractivity contribution in [2.24, 2.45) is 0 Å². The molecule has 0 atom stereocenters. The van der Waals surface area contributed by atoms with E-state index in [9.17, 15) is 0 Å². The average molecular weight is 284 g/mol. The molecule has 0 bridgehead atoms. The zero-order chi connectivity index (χ0) is 13.7. The first-order chi connectivity index (χ1) is 9.24. The zero-order valence-electron chi connectivity index (χ0n) is 11.7. The minimum Gasteiger partial charge on any atom is -0.486 e. The van der Waals surface area contributed by atoms with Gasteiger partial charge in [0.2, 0.25) is 0 Å². The van der Waals surface area contributed by atoms with Crippen molar-refractivity contribution in [2.75, 3.05) is 26.3 Å². The van der Waals surface area contributed by atoms with Crippen molar-refractivity contribution in [3.05, 3.63) is 22.7 Å². The fraction of sp³-hybridized carbons (Fsp3) is 0.600. The molecule has 0 radical (unpaired) electrons. The summed E-state index contributed by atoms with van der Waals surface area (Å²) in [5, 5.41) is 0.652. The summed E-state index contributed by atoms with van der Waals surface area (Å²) in [5.41, 5.74) is 1.19. The predicted molar refractivity (Wildman–Crippen MR) is 78.3 cm³/mol. The van der Waals surface area contributed by atoms with Gasteiger partial charge in [0.1, 0.15) is 13.2 Å². The number of fused-ring (bicyclic) bond motifs is 1. The highest BCUT2D eigenvalue weighted by atomic mass is 35.5. The standard InChI is InChI=1S/C15H22ClNO2/c1-3-5-6-17(4-2)11-12-9-13(16)15-14(10-12)18-7-8-19-15/h9-10H,3-8,11H2,1-2H3. The molecule has 0 saturated heterocycles. The first-order valence-electron chi connectivity index (χ1n) is 7.05. The second-order valence-corrected chi connectivity index (χ2v) is 5.23. The van der Waals surface area contributed by atoms with Crippen molar-refractivity contribution in [3.63, 3.8) is 0 Å². The Morgan fingerprint density at radius 2 is 2.00 bits per heavy atom. The van der Waals surface area contributed by atoms with E-state index in [-0.39, 0.29) is 0 Å². The van der Waals surface area contributed by atoms with Gasteiger partial charge in [-0.2, -0.15) is 0 Å².